The average Bonchev–Trinajstić information content (AvgIpc) is 2.35. The smallest absolute Gasteiger partial charge is 0.0948 e. The standard InChI is InChI=1S/C9H19NO3/c1-9(2,3-4-11)10-7-5-13-6-8(7)12/h7-8,10-12H,3-6H2,1-2H3. The molecule has 3 N–H and O–H groups in total. The van der Waals surface area contributed by atoms with E-state index in [0.29, 0.717) is 19.6 Å². The van der Waals surface area contributed by atoms with E-state index in [1.165, 1.54) is 0 Å². The van der Waals surface area contributed by atoms with Gasteiger partial charge in [-0.1, -0.05) is 0 Å². The molecule has 0 spiro atoms. The second-order valence-electron chi connectivity index (χ2n) is 4.21. The minimum Gasteiger partial charge on any atom is -0.396 e. The van der Waals surface area contributed by atoms with Crippen LogP contribution in [-0.4, -0.2) is 47.7 Å². The Hall–Kier alpha value is -0.160. The fourth-order valence-electron chi connectivity index (χ4n) is 1.53. The van der Waals surface area contributed by atoms with Gasteiger partial charge in [0.25, 0.3) is 0 Å². The van der Waals surface area contributed by atoms with E-state index in [2.05, 4.69) is 5.32 Å². The zero-order valence-electron chi connectivity index (χ0n) is 8.29. The van der Waals surface area contributed by atoms with E-state index in [-0.39, 0.29) is 18.2 Å². The van der Waals surface area contributed by atoms with Crippen LogP contribution in [0.15, 0.2) is 0 Å². The van der Waals surface area contributed by atoms with Gasteiger partial charge in [0.15, 0.2) is 0 Å². The van der Waals surface area contributed by atoms with Crippen molar-refractivity contribution in [3.05, 3.63) is 0 Å². The molecular formula is C9H19NO3. The van der Waals surface area contributed by atoms with Crippen molar-refractivity contribution in [1.82, 2.24) is 5.32 Å². The lowest BCUT2D eigenvalue weighted by atomic mass is 9.99. The first-order valence-corrected chi connectivity index (χ1v) is 4.69. The van der Waals surface area contributed by atoms with Crippen molar-refractivity contribution in [2.45, 2.75) is 38.0 Å². The molecule has 1 aliphatic heterocycles. The van der Waals surface area contributed by atoms with Gasteiger partial charge in [-0.25, -0.2) is 0 Å². The van der Waals surface area contributed by atoms with Crippen LogP contribution in [0.25, 0.3) is 0 Å². The molecule has 2 atom stereocenters. The minimum atomic E-state index is -0.419. The highest BCUT2D eigenvalue weighted by atomic mass is 16.5. The lowest BCUT2D eigenvalue weighted by Crippen LogP contribution is -2.51. The summed E-state index contributed by atoms with van der Waals surface area (Å²) in [7, 11) is 0. The van der Waals surface area contributed by atoms with Crippen LogP contribution in [0, 0.1) is 0 Å². The van der Waals surface area contributed by atoms with E-state index >= 15 is 0 Å². The van der Waals surface area contributed by atoms with Crippen molar-refractivity contribution >= 4 is 0 Å². The SMILES string of the molecule is CC(C)(CCO)NC1COCC1O. The molecule has 0 saturated carbocycles. The third kappa shape index (κ3) is 3.23. The van der Waals surface area contributed by atoms with Crippen LogP contribution in [0.2, 0.25) is 0 Å². The highest BCUT2D eigenvalue weighted by Crippen LogP contribution is 2.13. The maximum absolute atomic E-state index is 9.47. The first kappa shape index (κ1) is 10.9. The van der Waals surface area contributed by atoms with Crippen molar-refractivity contribution < 1.29 is 14.9 Å². The molecule has 1 saturated heterocycles. The van der Waals surface area contributed by atoms with E-state index in [0.717, 1.165) is 0 Å². The van der Waals surface area contributed by atoms with Gasteiger partial charge in [-0.15, -0.1) is 0 Å². The summed E-state index contributed by atoms with van der Waals surface area (Å²) < 4.78 is 5.12. The minimum absolute atomic E-state index is 0.00144. The molecule has 1 fully saturated rings. The number of aliphatic hydroxyl groups is 2. The Kier molecular flexibility index (Phi) is 3.67. The van der Waals surface area contributed by atoms with Gasteiger partial charge in [0.2, 0.25) is 0 Å². The average molecular weight is 189 g/mol. The Morgan fingerprint density at radius 2 is 2.15 bits per heavy atom. The van der Waals surface area contributed by atoms with E-state index in [1.54, 1.807) is 0 Å². The summed E-state index contributed by atoms with van der Waals surface area (Å²) in [5.41, 5.74) is -0.145. The van der Waals surface area contributed by atoms with Crippen molar-refractivity contribution in [1.29, 1.82) is 0 Å². The maximum atomic E-state index is 9.47. The summed E-state index contributed by atoms with van der Waals surface area (Å²) in [6, 6.07) is 0.00144. The molecule has 1 heterocycles. The Balaban J connectivity index is 2.37. The van der Waals surface area contributed by atoms with Gasteiger partial charge >= 0.3 is 0 Å². The Morgan fingerprint density at radius 1 is 1.46 bits per heavy atom. The predicted octanol–water partition coefficient (Wildman–Crippen LogP) is -0.503. The molecule has 0 aromatic carbocycles. The van der Waals surface area contributed by atoms with Crippen LogP contribution in [0.3, 0.4) is 0 Å². The second-order valence-corrected chi connectivity index (χ2v) is 4.21. The molecule has 0 aromatic heterocycles. The summed E-state index contributed by atoms with van der Waals surface area (Å²) in [5.74, 6) is 0. The Morgan fingerprint density at radius 3 is 2.62 bits per heavy atom. The maximum Gasteiger partial charge on any atom is 0.0948 e. The molecule has 13 heavy (non-hydrogen) atoms. The topological polar surface area (TPSA) is 61.7 Å². The molecule has 0 aromatic rings. The van der Waals surface area contributed by atoms with Crippen LogP contribution in [0.1, 0.15) is 20.3 Å². The molecule has 0 radical (unpaired) electrons. The van der Waals surface area contributed by atoms with E-state index in [9.17, 15) is 5.11 Å². The van der Waals surface area contributed by atoms with Crippen LogP contribution in [0.4, 0.5) is 0 Å². The molecule has 2 unspecified atom stereocenters. The molecule has 4 heteroatoms. The van der Waals surface area contributed by atoms with Crippen LogP contribution in [0.5, 0.6) is 0 Å². The Bertz CT molecular complexity index is 161. The first-order chi connectivity index (χ1) is 6.05. The van der Waals surface area contributed by atoms with E-state index < -0.39 is 6.10 Å². The van der Waals surface area contributed by atoms with Gasteiger partial charge < -0.3 is 20.3 Å². The molecule has 4 nitrogen and oxygen atoms in total. The van der Waals surface area contributed by atoms with Crippen LogP contribution in [-0.2, 0) is 4.74 Å². The van der Waals surface area contributed by atoms with Crippen LogP contribution < -0.4 is 5.32 Å². The number of nitrogens with one attached hydrogen (secondary N) is 1. The number of hydrogen-bond donors (Lipinski definition) is 3. The van der Waals surface area contributed by atoms with Gasteiger partial charge in [-0.05, 0) is 20.3 Å². The van der Waals surface area contributed by atoms with Crippen molar-refractivity contribution in [3.63, 3.8) is 0 Å². The summed E-state index contributed by atoms with van der Waals surface area (Å²) in [6.45, 7) is 5.13. The van der Waals surface area contributed by atoms with Crippen LogP contribution >= 0.6 is 0 Å². The zero-order chi connectivity index (χ0) is 9.90. The highest BCUT2D eigenvalue weighted by Gasteiger charge is 2.30. The highest BCUT2D eigenvalue weighted by molar-refractivity contribution is 4.88. The number of ether oxygens (including phenoxy) is 1. The number of hydrogen-bond acceptors (Lipinski definition) is 4. The molecule has 0 bridgehead atoms. The van der Waals surface area contributed by atoms with Gasteiger partial charge in [0, 0.05) is 12.1 Å². The van der Waals surface area contributed by atoms with Crippen molar-refractivity contribution in [3.8, 4) is 0 Å². The van der Waals surface area contributed by atoms with Crippen molar-refractivity contribution in [2.75, 3.05) is 19.8 Å². The number of aliphatic hydroxyl groups excluding tert-OH is 2. The van der Waals surface area contributed by atoms with Gasteiger partial charge in [0.05, 0.1) is 25.4 Å². The first-order valence-electron chi connectivity index (χ1n) is 4.69. The fourth-order valence-corrected chi connectivity index (χ4v) is 1.53. The third-order valence-corrected chi connectivity index (χ3v) is 2.36. The normalized spacial score (nSPS) is 29.5. The lowest BCUT2D eigenvalue weighted by molar-refractivity contribution is 0.116. The summed E-state index contributed by atoms with van der Waals surface area (Å²) >= 11 is 0. The Labute approximate surface area is 78.9 Å². The molecule has 78 valence electrons. The van der Waals surface area contributed by atoms with E-state index in [4.69, 9.17) is 9.84 Å². The largest absolute Gasteiger partial charge is 0.396 e. The van der Waals surface area contributed by atoms with Crippen molar-refractivity contribution in [2.24, 2.45) is 0 Å². The fraction of sp³-hybridized carbons (Fsp3) is 1.00. The predicted molar refractivity (Wildman–Crippen MR) is 49.5 cm³/mol. The summed E-state index contributed by atoms with van der Waals surface area (Å²) in [4.78, 5) is 0. The molecule has 1 rings (SSSR count). The monoisotopic (exact) mass is 189 g/mol. The zero-order valence-corrected chi connectivity index (χ0v) is 8.29. The van der Waals surface area contributed by atoms with Gasteiger partial charge in [-0.2, -0.15) is 0 Å². The van der Waals surface area contributed by atoms with Gasteiger partial charge in [0.1, 0.15) is 0 Å². The van der Waals surface area contributed by atoms with E-state index in [1.807, 2.05) is 13.8 Å². The molecule has 0 aliphatic carbocycles. The quantitative estimate of drug-likeness (QED) is 0.558. The second kappa shape index (κ2) is 4.37. The summed E-state index contributed by atoms with van der Waals surface area (Å²) in [6.07, 6.45) is 0.258. The summed E-state index contributed by atoms with van der Waals surface area (Å²) in [5, 5.41) is 21.5. The number of rotatable bonds is 4. The lowest BCUT2D eigenvalue weighted by Gasteiger charge is -2.30. The third-order valence-electron chi connectivity index (χ3n) is 2.36. The molecular weight excluding hydrogens is 170 g/mol. The molecule has 1 aliphatic rings. The van der Waals surface area contributed by atoms with Gasteiger partial charge in [-0.3, -0.25) is 0 Å². The molecule has 0 amide bonds.